The smallest absolute Gasteiger partial charge is 0.129 e. The van der Waals surface area contributed by atoms with E-state index in [4.69, 9.17) is 0 Å². The number of hydrogen-bond donors (Lipinski definition) is 0. The molecule has 0 N–H and O–H groups in total. The first kappa shape index (κ1) is 18.7. The summed E-state index contributed by atoms with van der Waals surface area (Å²) in [6.45, 7) is 16.6. The van der Waals surface area contributed by atoms with Gasteiger partial charge in [-0.2, -0.15) is 0 Å². The van der Waals surface area contributed by atoms with Gasteiger partial charge in [0.25, 0.3) is 0 Å². The van der Waals surface area contributed by atoms with Crippen LogP contribution >= 0.6 is 0 Å². The van der Waals surface area contributed by atoms with E-state index in [-0.39, 0.29) is 0 Å². The lowest BCUT2D eigenvalue weighted by Crippen LogP contribution is -2.24. The first-order chi connectivity index (χ1) is 8.67. The third-order valence-corrected chi connectivity index (χ3v) is 6.39. The summed E-state index contributed by atoms with van der Waals surface area (Å²) in [7, 11) is -2.38. The van der Waals surface area contributed by atoms with E-state index in [1.54, 1.807) is 5.20 Å². The maximum Gasteiger partial charge on any atom is 0.129 e. The van der Waals surface area contributed by atoms with Crippen molar-refractivity contribution in [1.29, 1.82) is 0 Å². The molecule has 0 aromatic heterocycles. The molecule has 0 aliphatic heterocycles. The van der Waals surface area contributed by atoms with Crippen molar-refractivity contribution in [2.24, 2.45) is 0 Å². The van der Waals surface area contributed by atoms with Gasteiger partial charge in [-0.05, 0) is 12.8 Å². The van der Waals surface area contributed by atoms with Gasteiger partial charge in [0.05, 0.1) is 8.07 Å². The van der Waals surface area contributed by atoms with Gasteiger partial charge in [0.1, 0.15) is 8.07 Å². The number of hydrogen-bond acceptors (Lipinski definition) is 0. The second kappa shape index (κ2) is 8.82. The predicted molar refractivity (Wildman–Crippen MR) is 95.9 cm³/mol. The molecule has 0 aliphatic rings. The average molecular weight is 295 g/mol. The summed E-state index contributed by atoms with van der Waals surface area (Å²) in [5.74, 6) is 3.46. The Balaban J connectivity index is 4.47. The normalized spacial score (nSPS) is 13.1. The highest BCUT2D eigenvalue weighted by molar-refractivity contribution is 6.84. The fourth-order valence-electron chi connectivity index (χ4n) is 1.90. The van der Waals surface area contributed by atoms with E-state index in [1.807, 2.05) is 0 Å². The predicted octanol–water partition coefficient (Wildman–Crippen LogP) is 6.03. The molecule has 110 valence electrons. The number of rotatable bonds is 7. The third kappa shape index (κ3) is 11.3. The van der Waals surface area contributed by atoms with Crippen molar-refractivity contribution < 1.29 is 0 Å². The van der Waals surface area contributed by atoms with Crippen LogP contribution in [0.2, 0.25) is 39.3 Å². The standard InChI is InChI=1S/C17H34Si2/c1-8-9-10-11-12-14-17(19(5,6)7)15-13-16-18(2,3)4/h14H,8-12,15H2,1-7H3. The largest absolute Gasteiger partial charge is 0.132 e. The SMILES string of the molecule is CCCCCCC=C(CC#C[Si](C)(C)C)[Si](C)(C)C. The summed E-state index contributed by atoms with van der Waals surface area (Å²) in [6.07, 6.45) is 10.2. The lowest BCUT2D eigenvalue weighted by molar-refractivity contribution is 0.673. The fourth-order valence-corrected chi connectivity index (χ4v) is 3.89. The van der Waals surface area contributed by atoms with Crippen LogP contribution in [0.25, 0.3) is 0 Å². The highest BCUT2D eigenvalue weighted by Crippen LogP contribution is 2.19. The van der Waals surface area contributed by atoms with Crippen molar-refractivity contribution in [2.45, 2.75) is 84.7 Å². The molecule has 0 radical (unpaired) electrons. The molecular formula is C17H34Si2. The minimum atomic E-state index is -1.20. The van der Waals surface area contributed by atoms with E-state index in [0.717, 1.165) is 6.42 Å². The lowest BCUT2D eigenvalue weighted by atomic mass is 10.1. The van der Waals surface area contributed by atoms with Gasteiger partial charge in [-0.1, -0.05) is 76.7 Å². The van der Waals surface area contributed by atoms with Crippen molar-refractivity contribution in [1.82, 2.24) is 0 Å². The van der Waals surface area contributed by atoms with E-state index in [2.05, 4.69) is 63.7 Å². The molecule has 0 amide bonds. The van der Waals surface area contributed by atoms with E-state index in [1.165, 1.54) is 32.1 Å². The first-order valence-electron chi connectivity index (χ1n) is 7.86. The van der Waals surface area contributed by atoms with Crippen molar-refractivity contribution in [3.05, 3.63) is 11.3 Å². The van der Waals surface area contributed by atoms with Crippen molar-refractivity contribution in [3.63, 3.8) is 0 Å². The highest BCUT2D eigenvalue weighted by Gasteiger charge is 2.18. The highest BCUT2D eigenvalue weighted by atomic mass is 28.3. The van der Waals surface area contributed by atoms with Gasteiger partial charge in [-0.15, -0.1) is 11.5 Å². The summed E-state index contributed by atoms with van der Waals surface area (Å²) in [6, 6.07) is 0. The third-order valence-electron chi connectivity index (χ3n) is 3.15. The summed E-state index contributed by atoms with van der Waals surface area (Å²) in [5.41, 5.74) is 3.51. The molecule has 19 heavy (non-hydrogen) atoms. The lowest BCUT2D eigenvalue weighted by Gasteiger charge is -2.19. The van der Waals surface area contributed by atoms with Gasteiger partial charge in [-0.3, -0.25) is 0 Å². The summed E-state index contributed by atoms with van der Waals surface area (Å²) < 4.78 is 0. The van der Waals surface area contributed by atoms with Gasteiger partial charge < -0.3 is 0 Å². The Hall–Kier alpha value is -0.266. The molecule has 0 aromatic rings. The van der Waals surface area contributed by atoms with Crippen LogP contribution in [0.5, 0.6) is 0 Å². The van der Waals surface area contributed by atoms with E-state index < -0.39 is 16.1 Å². The molecule has 0 saturated heterocycles. The van der Waals surface area contributed by atoms with Crippen LogP contribution in [0.15, 0.2) is 11.3 Å². The van der Waals surface area contributed by atoms with Crippen LogP contribution in [0.3, 0.4) is 0 Å². The molecule has 0 rings (SSSR count). The first-order valence-corrected chi connectivity index (χ1v) is 14.9. The van der Waals surface area contributed by atoms with E-state index >= 15 is 0 Å². The molecule has 0 nitrogen and oxygen atoms in total. The maximum atomic E-state index is 3.51. The Morgan fingerprint density at radius 3 is 2.05 bits per heavy atom. The molecule has 0 atom stereocenters. The fraction of sp³-hybridized carbons (Fsp3) is 0.765. The number of allylic oxidation sites excluding steroid dienone is 2. The molecule has 0 spiro atoms. The molecule has 0 fully saturated rings. The molecule has 0 unspecified atom stereocenters. The Morgan fingerprint density at radius 1 is 0.947 bits per heavy atom. The second-order valence-electron chi connectivity index (χ2n) is 7.56. The molecule has 0 bridgehead atoms. The molecule has 0 aromatic carbocycles. The Morgan fingerprint density at radius 2 is 1.58 bits per heavy atom. The second-order valence-corrected chi connectivity index (χ2v) is 17.4. The van der Waals surface area contributed by atoms with Gasteiger partial charge in [0, 0.05) is 6.42 Å². The van der Waals surface area contributed by atoms with Crippen molar-refractivity contribution in [2.75, 3.05) is 0 Å². The maximum absolute atomic E-state index is 3.51. The zero-order chi connectivity index (χ0) is 14.9. The van der Waals surface area contributed by atoms with E-state index in [0.29, 0.717) is 0 Å². The van der Waals surface area contributed by atoms with Crippen LogP contribution in [0, 0.1) is 11.5 Å². The summed E-state index contributed by atoms with van der Waals surface area (Å²) in [4.78, 5) is 0. The molecule has 0 heterocycles. The summed E-state index contributed by atoms with van der Waals surface area (Å²) in [5, 5.41) is 1.66. The van der Waals surface area contributed by atoms with Crippen molar-refractivity contribution in [3.8, 4) is 11.5 Å². The van der Waals surface area contributed by atoms with Crippen LogP contribution in [-0.4, -0.2) is 16.1 Å². The Bertz CT molecular complexity index is 329. The summed E-state index contributed by atoms with van der Waals surface area (Å²) >= 11 is 0. The molecule has 2 heteroatoms. The van der Waals surface area contributed by atoms with E-state index in [9.17, 15) is 0 Å². The Labute approximate surface area is 124 Å². The van der Waals surface area contributed by atoms with Crippen LogP contribution in [0.1, 0.15) is 45.4 Å². The van der Waals surface area contributed by atoms with Crippen LogP contribution in [-0.2, 0) is 0 Å². The monoisotopic (exact) mass is 294 g/mol. The molecular weight excluding hydrogens is 260 g/mol. The van der Waals surface area contributed by atoms with Gasteiger partial charge in [-0.25, -0.2) is 0 Å². The molecule has 0 aliphatic carbocycles. The van der Waals surface area contributed by atoms with Crippen molar-refractivity contribution >= 4 is 16.1 Å². The minimum absolute atomic E-state index is 1.02. The molecule has 0 saturated carbocycles. The van der Waals surface area contributed by atoms with Gasteiger partial charge in [0.2, 0.25) is 0 Å². The van der Waals surface area contributed by atoms with Gasteiger partial charge >= 0.3 is 0 Å². The average Bonchev–Trinajstić information content (AvgIpc) is 2.23. The minimum Gasteiger partial charge on any atom is -0.132 e. The Kier molecular flexibility index (Phi) is 8.69. The topological polar surface area (TPSA) is 0 Å². The van der Waals surface area contributed by atoms with Gasteiger partial charge in [0.15, 0.2) is 0 Å². The zero-order valence-electron chi connectivity index (χ0n) is 14.3. The van der Waals surface area contributed by atoms with Crippen LogP contribution < -0.4 is 0 Å². The number of unbranched alkanes of at least 4 members (excludes halogenated alkanes) is 4. The zero-order valence-corrected chi connectivity index (χ0v) is 16.3. The quantitative estimate of drug-likeness (QED) is 0.305. The van der Waals surface area contributed by atoms with Crippen LogP contribution in [0.4, 0.5) is 0 Å².